The van der Waals surface area contributed by atoms with E-state index in [2.05, 4.69) is 10.0 Å². The largest absolute Gasteiger partial charge is 0.394 e. The van der Waals surface area contributed by atoms with Crippen molar-refractivity contribution in [3.63, 3.8) is 0 Å². The highest BCUT2D eigenvalue weighted by molar-refractivity contribution is 4.88. The van der Waals surface area contributed by atoms with Crippen molar-refractivity contribution in [3.8, 4) is 0 Å². The lowest BCUT2D eigenvalue weighted by molar-refractivity contribution is -0.300. The monoisotopic (exact) mass is 249 g/mol. The molecule has 1 heterocycles. The van der Waals surface area contributed by atoms with Crippen LogP contribution < -0.4 is 0 Å². The zero-order valence-corrected chi connectivity index (χ0v) is 8.96. The quantitative estimate of drug-likeness (QED) is 0.194. The molecule has 0 radical (unpaired) electrons. The minimum Gasteiger partial charge on any atom is -0.394 e. The summed E-state index contributed by atoms with van der Waals surface area (Å²) >= 11 is 0. The highest BCUT2D eigenvalue weighted by Crippen LogP contribution is 2.21. The summed E-state index contributed by atoms with van der Waals surface area (Å²) in [7, 11) is 0. The molecule has 1 aliphatic rings. The fraction of sp³-hybridized carbons (Fsp3) is 1.00. The van der Waals surface area contributed by atoms with E-state index in [-0.39, 0.29) is 13.2 Å². The molecule has 0 aromatic heterocycles. The van der Waals surface area contributed by atoms with E-state index in [1.54, 1.807) is 0 Å². The summed E-state index contributed by atoms with van der Waals surface area (Å²) in [6.07, 6.45) is -6.49. The predicted octanol–water partition coefficient (Wildman–Crippen LogP) is -1.89. The van der Waals surface area contributed by atoms with Crippen LogP contribution in [0.4, 0.5) is 0 Å². The Bertz CT molecular complexity index is 282. The highest BCUT2D eigenvalue weighted by Gasteiger charge is 2.43. The summed E-state index contributed by atoms with van der Waals surface area (Å²) in [5.41, 5.74) is 8.03. The molecule has 9 heteroatoms. The second-order valence-electron chi connectivity index (χ2n) is 3.52. The number of ether oxygens (including phenoxy) is 2. The number of azide groups is 1. The second kappa shape index (κ2) is 6.72. The van der Waals surface area contributed by atoms with Crippen LogP contribution >= 0.6 is 0 Å². The van der Waals surface area contributed by atoms with Crippen LogP contribution in [0, 0.1) is 0 Å². The summed E-state index contributed by atoms with van der Waals surface area (Å²) in [6.45, 7) is -0.473. The normalized spacial score (nSPS) is 37.5. The minimum absolute atomic E-state index is 0.00719. The van der Waals surface area contributed by atoms with Crippen LogP contribution in [0.1, 0.15) is 0 Å². The molecule has 1 fully saturated rings. The van der Waals surface area contributed by atoms with E-state index in [4.69, 9.17) is 20.1 Å². The third kappa shape index (κ3) is 3.51. The Kier molecular flexibility index (Phi) is 5.59. The molecular formula is C8H15N3O6. The molecule has 4 N–H and O–H groups in total. The van der Waals surface area contributed by atoms with Gasteiger partial charge >= 0.3 is 0 Å². The lowest BCUT2D eigenvalue weighted by Crippen LogP contribution is -2.59. The Balaban J connectivity index is 2.50. The van der Waals surface area contributed by atoms with Crippen LogP contribution in [0.2, 0.25) is 0 Å². The van der Waals surface area contributed by atoms with Crippen LogP contribution in [-0.4, -0.2) is 70.9 Å². The van der Waals surface area contributed by atoms with E-state index in [9.17, 15) is 15.3 Å². The number of hydrogen-bond acceptors (Lipinski definition) is 7. The zero-order chi connectivity index (χ0) is 12.8. The van der Waals surface area contributed by atoms with Gasteiger partial charge in [0.25, 0.3) is 0 Å². The molecule has 17 heavy (non-hydrogen) atoms. The number of aliphatic hydroxyl groups excluding tert-OH is 4. The van der Waals surface area contributed by atoms with E-state index in [1.165, 1.54) is 0 Å². The first-order valence-electron chi connectivity index (χ1n) is 5.04. The molecule has 0 aliphatic carbocycles. The SMILES string of the molecule is [N-]=[N+]=NCCO[C@H]1O[C@H](CO)[C@H](O)[C@H](O)[C@H]1O. The lowest BCUT2D eigenvalue weighted by Gasteiger charge is -2.39. The van der Waals surface area contributed by atoms with E-state index in [1.807, 2.05) is 0 Å². The van der Waals surface area contributed by atoms with Crippen LogP contribution in [0.15, 0.2) is 5.11 Å². The van der Waals surface area contributed by atoms with Crippen molar-refractivity contribution in [2.75, 3.05) is 19.8 Å². The molecule has 1 aliphatic heterocycles. The van der Waals surface area contributed by atoms with Gasteiger partial charge in [-0.05, 0) is 5.53 Å². The van der Waals surface area contributed by atoms with Gasteiger partial charge in [-0.15, -0.1) is 0 Å². The van der Waals surface area contributed by atoms with E-state index >= 15 is 0 Å². The van der Waals surface area contributed by atoms with Gasteiger partial charge in [0, 0.05) is 11.5 Å². The molecule has 0 bridgehead atoms. The summed E-state index contributed by atoms with van der Waals surface area (Å²) in [5, 5.41) is 40.5. The number of hydrogen-bond donors (Lipinski definition) is 4. The average Bonchev–Trinajstić information content (AvgIpc) is 2.34. The molecule has 98 valence electrons. The fourth-order valence-corrected chi connectivity index (χ4v) is 1.46. The summed E-state index contributed by atoms with van der Waals surface area (Å²) < 4.78 is 10.1. The Labute approximate surface area is 96.8 Å². The molecular weight excluding hydrogens is 234 g/mol. The van der Waals surface area contributed by atoms with Gasteiger partial charge in [-0.2, -0.15) is 0 Å². The summed E-state index contributed by atoms with van der Waals surface area (Å²) in [5.74, 6) is 0. The molecule has 0 aromatic carbocycles. The van der Waals surface area contributed by atoms with Gasteiger partial charge in [0.15, 0.2) is 6.29 Å². The molecule has 0 unspecified atom stereocenters. The number of nitrogens with zero attached hydrogens (tertiary/aromatic N) is 3. The van der Waals surface area contributed by atoms with Crippen LogP contribution in [-0.2, 0) is 9.47 Å². The minimum atomic E-state index is -1.47. The molecule has 1 saturated heterocycles. The standard InChI is InChI=1S/C8H15N3O6/c9-11-10-1-2-16-8-7(15)6(14)5(13)4(3-12)17-8/h4-8,12-15H,1-3H2/t4-,5+,6+,7-,8+/m1/s1. The van der Waals surface area contributed by atoms with Crippen molar-refractivity contribution in [2.24, 2.45) is 5.11 Å². The fourth-order valence-electron chi connectivity index (χ4n) is 1.46. The zero-order valence-electron chi connectivity index (χ0n) is 8.96. The Morgan fingerprint density at radius 3 is 2.53 bits per heavy atom. The highest BCUT2D eigenvalue weighted by atomic mass is 16.7. The van der Waals surface area contributed by atoms with Gasteiger partial charge < -0.3 is 29.9 Å². The maximum absolute atomic E-state index is 9.53. The van der Waals surface area contributed by atoms with E-state index in [0.29, 0.717) is 0 Å². The van der Waals surface area contributed by atoms with Crippen molar-refractivity contribution in [3.05, 3.63) is 10.4 Å². The Hall–Kier alpha value is -0.930. The van der Waals surface area contributed by atoms with Crippen molar-refractivity contribution in [2.45, 2.75) is 30.7 Å². The van der Waals surface area contributed by atoms with Crippen LogP contribution in [0.25, 0.3) is 10.4 Å². The lowest BCUT2D eigenvalue weighted by atomic mass is 9.99. The van der Waals surface area contributed by atoms with Gasteiger partial charge in [0.2, 0.25) is 0 Å². The van der Waals surface area contributed by atoms with Crippen molar-refractivity contribution in [1.82, 2.24) is 0 Å². The van der Waals surface area contributed by atoms with Crippen molar-refractivity contribution >= 4 is 0 Å². The maximum Gasteiger partial charge on any atom is 0.186 e. The molecule has 9 nitrogen and oxygen atoms in total. The topological polar surface area (TPSA) is 148 Å². The van der Waals surface area contributed by atoms with Gasteiger partial charge in [0.1, 0.15) is 24.4 Å². The predicted molar refractivity (Wildman–Crippen MR) is 53.7 cm³/mol. The van der Waals surface area contributed by atoms with Crippen molar-refractivity contribution in [1.29, 1.82) is 0 Å². The molecule has 0 aromatic rings. The summed E-state index contributed by atoms with van der Waals surface area (Å²) in [6, 6.07) is 0. The third-order valence-corrected chi connectivity index (χ3v) is 2.39. The molecule has 0 amide bonds. The third-order valence-electron chi connectivity index (χ3n) is 2.39. The second-order valence-corrected chi connectivity index (χ2v) is 3.52. The van der Waals surface area contributed by atoms with Gasteiger partial charge in [-0.3, -0.25) is 0 Å². The maximum atomic E-state index is 9.53. The first-order valence-corrected chi connectivity index (χ1v) is 5.04. The Morgan fingerprint density at radius 1 is 1.24 bits per heavy atom. The van der Waals surface area contributed by atoms with E-state index < -0.39 is 37.3 Å². The number of rotatable bonds is 5. The molecule has 5 atom stereocenters. The molecule has 0 spiro atoms. The smallest absolute Gasteiger partial charge is 0.186 e. The molecule has 0 saturated carbocycles. The van der Waals surface area contributed by atoms with Gasteiger partial charge in [0.05, 0.1) is 13.2 Å². The average molecular weight is 249 g/mol. The Morgan fingerprint density at radius 2 is 1.94 bits per heavy atom. The molecule has 1 rings (SSSR count). The van der Waals surface area contributed by atoms with Gasteiger partial charge in [-0.1, -0.05) is 5.11 Å². The van der Waals surface area contributed by atoms with Crippen LogP contribution in [0.5, 0.6) is 0 Å². The first-order chi connectivity index (χ1) is 8.11. The first kappa shape index (κ1) is 14.1. The van der Waals surface area contributed by atoms with Crippen molar-refractivity contribution < 1.29 is 29.9 Å². The van der Waals surface area contributed by atoms with Crippen LogP contribution in [0.3, 0.4) is 0 Å². The van der Waals surface area contributed by atoms with Gasteiger partial charge in [-0.25, -0.2) is 0 Å². The summed E-state index contributed by atoms with van der Waals surface area (Å²) in [4.78, 5) is 2.51. The number of aliphatic hydroxyl groups is 4. The van der Waals surface area contributed by atoms with E-state index in [0.717, 1.165) is 0 Å².